The van der Waals surface area contributed by atoms with Crippen molar-refractivity contribution in [3.05, 3.63) is 23.8 Å². The zero-order chi connectivity index (χ0) is 15.7. The van der Waals surface area contributed by atoms with E-state index >= 15 is 0 Å². The summed E-state index contributed by atoms with van der Waals surface area (Å²) < 4.78 is 5.41. The Kier molecular flexibility index (Phi) is 7.56. The maximum Gasteiger partial charge on any atom is 0.304 e. The minimum absolute atomic E-state index is 0.0927. The number of aliphatic hydroxyl groups excluding tert-OH is 1. The van der Waals surface area contributed by atoms with Gasteiger partial charge in [-0.25, -0.2) is 0 Å². The molecule has 0 spiro atoms. The monoisotopic (exact) mass is 296 g/mol. The molecule has 3 N–H and O–H groups in total. The van der Waals surface area contributed by atoms with E-state index in [2.05, 4.69) is 5.32 Å². The summed E-state index contributed by atoms with van der Waals surface area (Å²) >= 11 is 0. The predicted octanol–water partition coefficient (Wildman–Crippen LogP) is 1.08. The van der Waals surface area contributed by atoms with Crippen LogP contribution in [0.3, 0.4) is 0 Å². The normalized spacial score (nSPS) is 10.4. The Labute approximate surface area is 125 Å². The third-order valence-corrected chi connectivity index (χ3v) is 3.18. The Balaban J connectivity index is 2.71. The molecule has 0 bridgehead atoms. The number of carboxylic acids is 1. The molecular formula is C15H24N2O4. The highest BCUT2D eigenvalue weighted by Gasteiger charge is 2.10. The number of ether oxygens (including phenoxy) is 1. The number of hydrogen-bond donors (Lipinski definition) is 3. The first-order valence-corrected chi connectivity index (χ1v) is 7.07. The third kappa shape index (κ3) is 5.61. The number of aliphatic carboxylic acids is 1. The van der Waals surface area contributed by atoms with Gasteiger partial charge in [-0.3, -0.25) is 4.79 Å². The summed E-state index contributed by atoms with van der Waals surface area (Å²) in [5.74, 6) is -0.0548. The Morgan fingerprint density at radius 3 is 2.76 bits per heavy atom. The molecule has 0 aromatic heterocycles. The fraction of sp³-hybridized carbons (Fsp3) is 0.533. The summed E-state index contributed by atoms with van der Waals surface area (Å²) in [5.41, 5.74) is 1.98. The molecule has 0 fully saturated rings. The average Bonchev–Trinajstić information content (AvgIpc) is 2.49. The van der Waals surface area contributed by atoms with E-state index in [1.54, 1.807) is 7.11 Å². The van der Waals surface area contributed by atoms with Gasteiger partial charge in [-0.1, -0.05) is 6.07 Å². The fourth-order valence-electron chi connectivity index (χ4n) is 2.09. The maximum absolute atomic E-state index is 10.4. The van der Waals surface area contributed by atoms with E-state index in [1.165, 1.54) is 0 Å². The number of hydrogen-bond acceptors (Lipinski definition) is 5. The van der Waals surface area contributed by atoms with E-state index in [0.29, 0.717) is 19.6 Å². The number of aliphatic hydroxyl groups is 1. The highest BCUT2D eigenvalue weighted by atomic mass is 16.5. The molecule has 0 aliphatic carbocycles. The van der Waals surface area contributed by atoms with Crippen LogP contribution in [0.4, 0.5) is 5.69 Å². The topological polar surface area (TPSA) is 82.0 Å². The Morgan fingerprint density at radius 1 is 1.43 bits per heavy atom. The first kappa shape index (κ1) is 17.3. The summed E-state index contributed by atoms with van der Waals surface area (Å²) in [5, 5.41) is 20.8. The van der Waals surface area contributed by atoms with Gasteiger partial charge in [0.1, 0.15) is 5.75 Å². The number of likely N-dealkylation sites (N-methyl/N-ethyl adjacent to an activating group) is 1. The second-order valence-corrected chi connectivity index (χ2v) is 4.63. The van der Waals surface area contributed by atoms with Crippen molar-refractivity contribution in [2.75, 3.05) is 38.3 Å². The minimum atomic E-state index is -0.807. The van der Waals surface area contributed by atoms with Gasteiger partial charge in [-0.15, -0.1) is 0 Å². The standard InChI is InChI=1S/C15H24N2O4/c1-3-17(8-9-18)13-5-4-12(10-14(13)21-2)11-16-7-6-15(19)20/h4-5,10,16,18H,3,6-9,11H2,1-2H3,(H,19,20). The van der Waals surface area contributed by atoms with Crippen molar-refractivity contribution >= 4 is 11.7 Å². The Hall–Kier alpha value is -1.79. The first-order chi connectivity index (χ1) is 10.1. The van der Waals surface area contributed by atoms with Gasteiger partial charge in [-0.05, 0) is 24.6 Å². The van der Waals surface area contributed by atoms with E-state index in [4.69, 9.17) is 14.9 Å². The summed E-state index contributed by atoms with van der Waals surface area (Å²) in [7, 11) is 1.62. The second kappa shape index (κ2) is 9.20. The van der Waals surface area contributed by atoms with Gasteiger partial charge in [-0.2, -0.15) is 0 Å². The fourth-order valence-corrected chi connectivity index (χ4v) is 2.09. The smallest absolute Gasteiger partial charge is 0.304 e. The molecule has 118 valence electrons. The van der Waals surface area contributed by atoms with Crippen molar-refractivity contribution < 1.29 is 19.7 Å². The van der Waals surface area contributed by atoms with Crippen LogP contribution in [0.2, 0.25) is 0 Å². The molecule has 0 saturated heterocycles. The molecule has 1 aromatic rings. The maximum atomic E-state index is 10.4. The van der Waals surface area contributed by atoms with Crippen LogP contribution in [-0.2, 0) is 11.3 Å². The Bertz CT molecular complexity index is 451. The number of rotatable bonds is 10. The molecule has 0 amide bonds. The summed E-state index contributed by atoms with van der Waals surface area (Å²) in [6, 6.07) is 5.88. The highest BCUT2D eigenvalue weighted by Crippen LogP contribution is 2.29. The van der Waals surface area contributed by atoms with Crippen molar-refractivity contribution in [3.8, 4) is 5.75 Å². The van der Waals surface area contributed by atoms with Crippen LogP contribution in [0, 0.1) is 0 Å². The molecule has 1 aromatic carbocycles. The first-order valence-electron chi connectivity index (χ1n) is 7.07. The van der Waals surface area contributed by atoms with Crippen LogP contribution in [0.1, 0.15) is 18.9 Å². The predicted molar refractivity (Wildman–Crippen MR) is 81.9 cm³/mol. The number of methoxy groups -OCH3 is 1. The lowest BCUT2D eigenvalue weighted by molar-refractivity contribution is -0.136. The second-order valence-electron chi connectivity index (χ2n) is 4.63. The van der Waals surface area contributed by atoms with Gasteiger partial charge >= 0.3 is 5.97 Å². The zero-order valence-electron chi connectivity index (χ0n) is 12.6. The van der Waals surface area contributed by atoms with E-state index in [0.717, 1.165) is 23.5 Å². The van der Waals surface area contributed by atoms with Crippen LogP contribution < -0.4 is 15.0 Å². The van der Waals surface area contributed by atoms with Gasteiger partial charge in [0.2, 0.25) is 0 Å². The minimum Gasteiger partial charge on any atom is -0.495 e. The molecule has 0 radical (unpaired) electrons. The molecule has 1 rings (SSSR count). The largest absolute Gasteiger partial charge is 0.495 e. The molecule has 0 unspecified atom stereocenters. The van der Waals surface area contributed by atoms with Gasteiger partial charge in [0.15, 0.2) is 0 Å². The lowest BCUT2D eigenvalue weighted by Gasteiger charge is -2.24. The molecule has 0 atom stereocenters. The average molecular weight is 296 g/mol. The molecular weight excluding hydrogens is 272 g/mol. The summed E-state index contributed by atoms with van der Waals surface area (Å²) in [6.07, 6.45) is 0.106. The highest BCUT2D eigenvalue weighted by molar-refractivity contribution is 5.66. The van der Waals surface area contributed by atoms with Crippen molar-refractivity contribution in [1.29, 1.82) is 0 Å². The molecule has 0 saturated carbocycles. The van der Waals surface area contributed by atoms with Gasteiger partial charge in [0, 0.05) is 26.2 Å². The third-order valence-electron chi connectivity index (χ3n) is 3.18. The Morgan fingerprint density at radius 2 is 2.19 bits per heavy atom. The van der Waals surface area contributed by atoms with E-state index in [1.807, 2.05) is 30.0 Å². The van der Waals surface area contributed by atoms with Crippen LogP contribution in [-0.4, -0.2) is 49.5 Å². The molecule has 0 heterocycles. The lowest BCUT2D eigenvalue weighted by atomic mass is 10.1. The number of benzene rings is 1. The molecule has 6 heteroatoms. The van der Waals surface area contributed by atoms with Crippen molar-refractivity contribution in [2.24, 2.45) is 0 Å². The van der Waals surface area contributed by atoms with Gasteiger partial charge in [0.05, 0.1) is 25.8 Å². The number of nitrogens with zero attached hydrogens (tertiary/aromatic N) is 1. The van der Waals surface area contributed by atoms with Crippen LogP contribution in [0.15, 0.2) is 18.2 Å². The van der Waals surface area contributed by atoms with Crippen molar-refractivity contribution in [1.82, 2.24) is 5.32 Å². The van der Waals surface area contributed by atoms with E-state index < -0.39 is 5.97 Å². The summed E-state index contributed by atoms with van der Waals surface area (Å²) in [4.78, 5) is 12.5. The number of anilines is 1. The number of carbonyl (C=O) groups is 1. The van der Waals surface area contributed by atoms with Crippen LogP contribution >= 0.6 is 0 Å². The quantitative estimate of drug-likeness (QED) is 0.561. The molecule has 0 aliphatic heterocycles. The van der Waals surface area contributed by atoms with E-state index in [-0.39, 0.29) is 13.0 Å². The van der Waals surface area contributed by atoms with Crippen LogP contribution in [0.5, 0.6) is 5.75 Å². The molecule has 0 aliphatic rings. The van der Waals surface area contributed by atoms with E-state index in [9.17, 15) is 4.79 Å². The van der Waals surface area contributed by atoms with Crippen molar-refractivity contribution in [3.63, 3.8) is 0 Å². The van der Waals surface area contributed by atoms with Gasteiger partial charge < -0.3 is 25.2 Å². The van der Waals surface area contributed by atoms with Gasteiger partial charge in [0.25, 0.3) is 0 Å². The molecule has 21 heavy (non-hydrogen) atoms. The number of nitrogens with one attached hydrogen (secondary N) is 1. The summed E-state index contributed by atoms with van der Waals surface area (Å²) in [6.45, 7) is 4.49. The zero-order valence-corrected chi connectivity index (χ0v) is 12.6. The lowest BCUT2D eigenvalue weighted by Crippen LogP contribution is -2.26. The number of carboxylic acid groups (broad SMARTS) is 1. The van der Waals surface area contributed by atoms with Crippen LogP contribution in [0.25, 0.3) is 0 Å². The SMILES string of the molecule is CCN(CCO)c1ccc(CNCCC(=O)O)cc1OC. The van der Waals surface area contributed by atoms with Crippen molar-refractivity contribution in [2.45, 2.75) is 19.9 Å². The molecule has 6 nitrogen and oxygen atoms in total.